The highest BCUT2D eigenvalue weighted by molar-refractivity contribution is 7.22. The number of amides is 1. The Balaban J connectivity index is 1.40. The summed E-state index contributed by atoms with van der Waals surface area (Å²) < 4.78 is 11.7. The van der Waals surface area contributed by atoms with Gasteiger partial charge in [0.25, 0.3) is 0 Å². The first kappa shape index (κ1) is 22.1. The maximum atomic E-state index is 12.9. The van der Waals surface area contributed by atoms with Gasteiger partial charge in [-0.3, -0.25) is 4.79 Å². The number of thiazole rings is 1. The molecular weight excluding hydrogens is 426 g/mol. The van der Waals surface area contributed by atoms with Gasteiger partial charge >= 0.3 is 5.97 Å². The molecule has 1 atom stereocenters. The number of rotatable bonds is 7. The Hall–Kier alpha value is -3.13. The number of piperidine rings is 1. The first-order valence-electron chi connectivity index (χ1n) is 10.9. The third-order valence-electron chi connectivity index (χ3n) is 5.39. The molecule has 2 heterocycles. The lowest BCUT2D eigenvalue weighted by Gasteiger charge is -2.31. The minimum absolute atomic E-state index is 0.0154. The van der Waals surface area contributed by atoms with E-state index in [9.17, 15) is 9.59 Å². The SMILES string of the molecule is CCOC(=O)c1ccc(NC(=O)C2CCCN(c3nc4ccc(OCC)cc4s3)C2)cc1. The molecule has 1 aliphatic rings. The van der Waals surface area contributed by atoms with Crippen LogP contribution in [-0.2, 0) is 9.53 Å². The first-order chi connectivity index (χ1) is 15.6. The van der Waals surface area contributed by atoms with Crippen molar-refractivity contribution in [2.75, 3.05) is 36.5 Å². The average Bonchev–Trinajstić information content (AvgIpc) is 3.23. The summed E-state index contributed by atoms with van der Waals surface area (Å²) in [6.07, 6.45) is 1.77. The van der Waals surface area contributed by atoms with Crippen LogP contribution in [0.25, 0.3) is 10.2 Å². The van der Waals surface area contributed by atoms with Crippen molar-refractivity contribution in [3.05, 3.63) is 48.0 Å². The van der Waals surface area contributed by atoms with E-state index < -0.39 is 0 Å². The van der Waals surface area contributed by atoms with E-state index in [2.05, 4.69) is 10.2 Å². The molecule has 1 aromatic heterocycles. The lowest BCUT2D eigenvalue weighted by atomic mass is 9.97. The second-order valence-electron chi connectivity index (χ2n) is 7.63. The molecule has 1 unspecified atom stereocenters. The largest absolute Gasteiger partial charge is 0.494 e. The van der Waals surface area contributed by atoms with Crippen molar-refractivity contribution >= 4 is 44.2 Å². The van der Waals surface area contributed by atoms with Gasteiger partial charge in [-0.05, 0) is 69.2 Å². The summed E-state index contributed by atoms with van der Waals surface area (Å²) >= 11 is 1.63. The Morgan fingerprint density at radius 3 is 2.72 bits per heavy atom. The fourth-order valence-corrected chi connectivity index (χ4v) is 4.83. The number of ether oxygens (including phenoxy) is 2. The number of nitrogens with zero attached hydrogens (tertiary/aromatic N) is 2. The van der Waals surface area contributed by atoms with Crippen LogP contribution >= 0.6 is 11.3 Å². The van der Waals surface area contributed by atoms with Crippen LogP contribution in [0.5, 0.6) is 5.75 Å². The molecule has 2 aromatic carbocycles. The summed E-state index contributed by atoms with van der Waals surface area (Å²) in [6, 6.07) is 12.7. The van der Waals surface area contributed by atoms with E-state index in [4.69, 9.17) is 14.5 Å². The normalized spacial score (nSPS) is 16.1. The number of hydrogen-bond donors (Lipinski definition) is 1. The molecule has 1 saturated heterocycles. The Morgan fingerprint density at radius 1 is 1.16 bits per heavy atom. The zero-order chi connectivity index (χ0) is 22.5. The second-order valence-corrected chi connectivity index (χ2v) is 8.64. The van der Waals surface area contributed by atoms with E-state index in [1.807, 2.05) is 25.1 Å². The van der Waals surface area contributed by atoms with Crippen LogP contribution in [0.4, 0.5) is 10.8 Å². The Morgan fingerprint density at radius 2 is 1.97 bits per heavy atom. The zero-order valence-corrected chi connectivity index (χ0v) is 19.1. The molecular formula is C24H27N3O4S. The minimum atomic E-state index is -0.363. The molecule has 0 radical (unpaired) electrons. The van der Waals surface area contributed by atoms with Crippen molar-refractivity contribution in [1.29, 1.82) is 0 Å². The quantitative estimate of drug-likeness (QED) is 0.521. The van der Waals surface area contributed by atoms with Crippen molar-refractivity contribution < 1.29 is 19.1 Å². The van der Waals surface area contributed by atoms with Gasteiger partial charge in [-0.1, -0.05) is 11.3 Å². The number of fused-ring (bicyclic) bond motifs is 1. The van der Waals surface area contributed by atoms with E-state index >= 15 is 0 Å². The molecule has 1 fully saturated rings. The fraction of sp³-hybridized carbons (Fsp3) is 0.375. The standard InChI is InChI=1S/C24H27N3O4S/c1-3-30-19-11-12-20-21(14-19)32-24(26-20)27-13-5-6-17(15-27)22(28)25-18-9-7-16(8-10-18)23(29)31-4-2/h7-12,14,17H,3-6,13,15H2,1-2H3,(H,25,28). The summed E-state index contributed by atoms with van der Waals surface area (Å²) in [5.74, 6) is 0.343. The van der Waals surface area contributed by atoms with Crippen LogP contribution in [0.1, 0.15) is 37.0 Å². The summed E-state index contributed by atoms with van der Waals surface area (Å²) in [5.41, 5.74) is 2.09. The summed E-state index contributed by atoms with van der Waals surface area (Å²) in [4.78, 5) is 31.6. The van der Waals surface area contributed by atoms with E-state index in [1.165, 1.54) is 0 Å². The number of aromatic nitrogens is 1. The third-order valence-corrected chi connectivity index (χ3v) is 6.46. The summed E-state index contributed by atoms with van der Waals surface area (Å²) in [6.45, 7) is 6.22. The number of esters is 1. The molecule has 0 aliphatic carbocycles. The van der Waals surface area contributed by atoms with Crippen LogP contribution in [0.2, 0.25) is 0 Å². The van der Waals surface area contributed by atoms with E-state index in [0.29, 0.717) is 31.0 Å². The van der Waals surface area contributed by atoms with E-state index in [0.717, 1.165) is 40.5 Å². The Labute approximate surface area is 191 Å². The van der Waals surface area contributed by atoms with Crippen LogP contribution < -0.4 is 15.0 Å². The molecule has 3 aromatic rings. The van der Waals surface area contributed by atoms with Gasteiger partial charge in [0, 0.05) is 18.8 Å². The average molecular weight is 454 g/mol. The molecule has 0 bridgehead atoms. The molecule has 168 valence electrons. The van der Waals surface area contributed by atoms with Crippen LogP contribution in [0.15, 0.2) is 42.5 Å². The van der Waals surface area contributed by atoms with Gasteiger partial charge in [0.05, 0.1) is 34.9 Å². The van der Waals surface area contributed by atoms with E-state index in [1.54, 1.807) is 42.5 Å². The van der Waals surface area contributed by atoms with Crippen molar-refractivity contribution in [1.82, 2.24) is 4.98 Å². The van der Waals surface area contributed by atoms with Crippen molar-refractivity contribution in [2.45, 2.75) is 26.7 Å². The van der Waals surface area contributed by atoms with Crippen molar-refractivity contribution in [3.8, 4) is 5.75 Å². The number of carbonyl (C=O) groups excluding carboxylic acids is 2. The van der Waals surface area contributed by atoms with Crippen LogP contribution in [0.3, 0.4) is 0 Å². The van der Waals surface area contributed by atoms with Crippen LogP contribution in [-0.4, -0.2) is 43.2 Å². The molecule has 0 spiro atoms. The Kier molecular flexibility index (Phi) is 6.90. The van der Waals surface area contributed by atoms with E-state index in [-0.39, 0.29) is 17.8 Å². The zero-order valence-electron chi connectivity index (χ0n) is 18.3. The third kappa shape index (κ3) is 5.02. The lowest BCUT2D eigenvalue weighted by Crippen LogP contribution is -2.40. The summed E-state index contributed by atoms with van der Waals surface area (Å²) in [7, 11) is 0. The highest BCUT2D eigenvalue weighted by Crippen LogP contribution is 2.33. The molecule has 0 saturated carbocycles. The molecule has 1 amide bonds. The molecule has 1 N–H and O–H groups in total. The second kappa shape index (κ2) is 9.99. The molecule has 7 nitrogen and oxygen atoms in total. The molecule has 8 heteroatoms. The predicted molar refractivity (Wildman–Crippen MR) is 127 cm³/mol. The molecule has 32 heavy (non-hydrogen) atoms. The highest BCUT2D eigenvalue weighted by Gasteiger charge is 2.27. The maximum absolute atomic E-state index is 12.9. The van der Waals surface area contributed by atoms with Gasteiger partial charge in [0.1, 0.15) is 5.75 Å². The van der Waals surface area contributed by atoms with Gasteiger partial charge < -0.3 is 19.7 Å². The monoisotopic (exact) mass is 453 g/mol. The first-order valence-corrected chi connectivity index (χ1v) is 11.8. The van der Waals surface area contributed by atoms with Gasteiger partial charge in [-0.2, -0.15) is 0 Å². The number of hydrogen-bond acceptors (Lipinski definition) is 7. The van der Waals surface area contributed by atoms with Gasteiger partial charge in [0.15, 0.2) is 5.13 Å². The van der Waals surface area contributed by atoms with Crippen molar-refractivity contribution in [3.63, 3.8) is 0 Å². The molecule has 1 aliphatic heterocycles. The smallest absolute Gasteiger partial charge is 0.338 e. The number of anilines is 2. The number of carbonyl (C=O) groups is 2. The lowest BCUT2D eigenvalue weighted by molar-refractivity contribution is -0.120. The topological polar surface area (TPSA) is 80.8 Å². The minimum Gasteiger partial charge on any atom is -0.494 e. The maximum Gasteiger partial charge on any atom is 0.338 e. The van der Waals surface area contributed by atoms with Gasteiger partial charge in [0.2, 0.25) is 5.91 Å². The van der Waals surface area contributed by atoms with Gasteiger partial charge in [-0.15, -0.1) is 0 Å². The number of benzene rings is 2. The van der Waals surface area contributed by atoms with Gasteiger partial charge in [-0.25, -0.2) is 9.78 Å². The fourth-order valence-electron chi connectivity index (χ4n) is 3.80. The molecule has 4 rings (SSSR count). The van der Waals surface area contributed by atoms with Crippen LogP contribution in [0, 0.1) is 5.92 Å². The highest BCUT2D eigenvalue weighted by atomic mass is 32.1. The summed E-state index contributed by atoms with van der Waals surface area (Å²) in [5, 5.41) is 3.91. The Bertz CT molecular complexity index is 1100. The van der Waals surface area contributed by atoms with Crippen molar-refractivity contribution in [2.24, 2.45) is 5.92 Å². The predicted octanol–water partition coefficient (Wildman–Crippen LogP) is 4.73. The number of nitrogens with one attached hydrogen (secondary N) is 1.